The van der Waals surface area contributed by atoms with Crippen LogP contribution in [-0.4, -0.2) is 11.7 Å². The predicted molar refractivity (Wildman–Crippen MR) is 66.3 cm³/mol. The molecule has 2 aliphatic carbocycles. The zero-order valence-electron chi connectivity index (χ0n) is 10.9. The molecule has 0 radical (unpaired) electrons. The molecule has 3 rings (SSSR count). The molecule has 3 aliphatic rings. The molecule has 0 aromatic rings. The first-order chi connectivity index (χ1) is 7.44. The summed E-state index contributed by atoms with van der Waals surface area (Å²) >= 11 is 0. The van der Waals surface area contributed by atoms with Crippen LogP contribution >= 0.6 is 0 Å². The molecule has 1 aliphatic heterocycles. The van der Waals surface area contributed by atoms with E-state index < -0.39 is 0 Å². The van der Waals surface area contributed by atoms with Crippen molar-refractivity contribution in [2.24, 2.45) is 17.3 Å². The van der Waals surface area contributed by atoms with E-state index in [4.69, 9.17) is 4.74 Å². The standard InChI is InChI=1S/C15H24O/c1-10-6-5-8-14(2,3)12-11(10)7-9-15(4)13(12)16-15/h11-13H,1,5-9H2,2-4H3/t11?,12-,13?,15-/m1/s1. The van der Waals surface area contributed by atoms with Crippen molar-refractivity contribution in [1.82, 2.24) is 0 Å². The number of allylic oxidation sites excluding steroid dienone is 1. The fourth-order valence-electron chi connectivity index (χ4n) is 4.28. The Hall–Kier alpha value is -0.300. The third-order valence-electron chi connectivity index (χ3n) is 5.40. The molecule has 3 fully saturated rings. The van der Waals surface area contributed by atoms with Crippen LogP contribution in [0, 0.1) is 17.3 Å². The van der Waals surface area contributed by atoms with Gasteiger partial charge in [0, 0.05) is 0 Å². The van der Waals surface area contributed by atoms with Crippen LogP contribution in [0.15, 0.2) is 12.2 Å². The Morgan fingerprint density at radius 1 is 1.25 bits per heavy atom. The molecular weight excluding hydrogens is 196 g/mol. The molecule has 16 heavy (non-hydrogen) atoms. The van der Waals surface area contributed by atoms with E-state index in [1.807, 2.05) is 0 Å². The number of ether oxygens (including phenoxy) is 1. The lowest BCUT2D eigenvalue weighted by molar-refractivity contribution is 0.109. The van der Waals surface area contributed by atoms with Gasteiger partial charge >= 0.3 is 0 Å². The highest BCUT2D eigenvalue weighted by Gasteiger charge is 2.64. The monoisotopic (exact) mass is 220 g/mol. The largest absolute Gasteiger partial charge is 0.366 e. The minimum atomic E-state index is 0.225. The van der Waals surface area contributed by atoms with Crippen LogP contribution in [0.25, 0.3) is 0 Å². The summed E-state index contributed by atoms with van der Waals surface area (Å²) in [7, 11) is 0. The highest BCUT2D eigenvalue weighted by molar-refractivity contribution is 5.19. The molecule has 0 bridgehead atoms. The molecule has 90 valence electrons. The molecule has 0 N–H and O–H groups in total. The van der Waals surface area contributed by atoms with Crippen LogP contribution in [-0.2, 0) is 4.74 Å². The molecule has 1 heteroatoms. The van der Waals surface area contributed by atoms with Gasteiger partial charge in [-0.05, 0) is 56.3 Å². The number of hydrogen-bond donors (Lipinski definition) is 0. The third kappa shape index (κ3) is 1.40. The Balaban J connectivity index is 1.95. The van der Waals surface area contributed by atoms with E-state index >= 15 is 0 Å². The van der Waals surface area contributed by atoms with Gasteiger partial charge in [0.2, 0.25) is 0 Å². The zero-order valence-corrected chi connectivity index (χ0v) is 10.9. The smallest absolute Gasteiger partial charge is 0.0924 e. The van der Waals surface area contributed by atoms with Crippen molar-refractivity contribution >= 4 is 0 Å². The maximum absolute atomic E-state index is 6.03. The second kappa shape index (κ2) is 3.13. The first-order valence-corrected chi connectivity index (χ1v) is 6.79. The van der Waals surface area contributed by atoms with Gasteiger partial charge in [0.1, 0.15) is 0 Å². The number of epoxide rings is 1. The van der Waals surface area contributed by atoms with Gasteiger partial charge in [-0.1, -0.05) is 26.0 Å². The lowest BCUT2D eigenvalue weighted by atomic mass is 9.62. The summed E-state index contributed by atoms with van der Waals surface area (Å²) in [5.74, 6) is 1.46. The van der Waals surface area contributed by atoms with Gasteiger partial charge in [0.25, 0.3) is 0 Å². The first-order valence-electron chi connectivity index (χ1n) is 6.79. The predicted octanol–water partition coefficient (Wildman–Crippen LogP) is 3.94. The van der Waals surface area contributed by atoms with Gasteiger partial charge in [-0.15, -0.1) is 0 Å². The van der Waals surface area contributed by atoms with Crippen LogP contribution in [0.4, 0.5) is 0 Å². The lowest BCUT2D eigenvalue weighted by Crippen LogP contribution is -2.40. The van der Waals surface area contributed by atoms with E-state index in [1.165, 1.54) is 37.7 Å². The number of hydrogen-bond acceptors (Lipinski definition) is 1. The number of fused-ring (bicyclic) bond motifs is 3. The fraction of sp³-hybridized carbons (Fsp3) is 0.867. The summed E-state index contributed by atoms with van der Waals surface area (Å²) in [5, 5.41) is 0. The molecule has 0 aromatic heterocycles. The van der Waals surface area contributed by atoms with Crippen molar-refractivity contribution in [3.8, 4) is 0 Å². The Morgan fingerprint density at radius 2 is 2.00 bits per heavy atom. The molecule has 4 atom stereocenters. The van der Waals surface area contributed by atoms with Crippen LogP contribution < -0.4 is 0 Å². The third-order valence-corrected chi connectivity index (χ3v) is 5.40. The minimum Gasteiger partial charge on any atom is -0.366 e. The molecule has 2 unspecified atom stereocenters. The second-order valence-electron chi connectivity index (χ2n) is 7.02. The van der Waals surface area contributed by atoms with Crippen molar-refractivity contribution in [1.29, 1.82) is 0 Å². The average molecular weight is 220 g/mol. The van der Waals surface area contributed by atoms with Crippen LogP contribution in [0.5, 0.6) is 0 Å². The van der Waals surface area contributed by atoms with Crippen LogP contribution in [0.2, 0.25) is 0 Å². The molecule has 0 spiro atoms. The number of rotatable bonds is 0. The minimum absolute atomic E-state index is 0.225. The highest BCUT2D eigenvalue weighted by atomic mass is 16.6. The van der Waals surface area contributed by atoms with E-state index in [9.17, 15) is 0 Å². The molecule has 0 aromatic carbocycles. The first kappa shape index (κ1) is 10.8. The summed E-state index contributed by atoms with van der Waals surface area (Å²) in [4.78, 5) is 0. The Labute approximate surface area is 99.3 Å². The molecule has 1 saturated heterocycles. The van der Waals surface area contributed by atoms with E-state index in [2.05, 4.69) is 27.4 Å². The Morgan fingerprint density at radius 3 is 2.75 bits per heavy atom. The van der Waals surface area contributed by atoms with Gasteiger partial charge in [0.05, 0.1) is 11.7 Å². The lowest BCUT2D eigenvalue weighted by Gasteiger charge is -2.40. The van der Waals surface area contributed by atoms with E-state index in [-0.39, 0.29) is 5.60 Å². The fourth-order valence-corrected chi connectivity index (χ4v) is 4.28. The molecule has 2 saturated carbocycles. The van der Waals surface area contributed by atoms with E-state index in [0.29, 0.717) is 11.5 Å². The Kier molecular flexibility index (Phi) is 2.12. The van der Waals surface area contributed by atoms with Gasteiger partial charge in [-0.2, -0.15) is 0 Å². The quantitative estimate of drug-likeness (QED) is 0.445. The van der Waals surface area contributed by atoms with Gasteiger partial charge < -0.3 is 4.74 Å². The molecule has 1 nitrogen and oxygen atoms in total. The van der Waals surface area contributed by atoms with E-state index in [1.54, 1.807) is 0 Å². The Bertz CT molecular complexity index is 330. The van der Waals surface area contributed by atoms with Crippen molar-refractivity contribution in [3.05, 3.63) is 12.2 Å². The molecule has 1 heterocycles. The summed E-state index contributed by atoms with van der Waals surface area (Å²) in [5.41, 5.74) is 2.17. The van der Waals surface area contributed by atoms with Gasteiger partial charge in [0.15, 0.2) is 0 Å². The summed E-state index contributed by atoms with van der Waals surface area (Å²) in [6.45, 7) is 11.5. The van der Waals surface area contributed by atoms with E-state index in [0.717, 1.165) is 11.8 Å². The van der Waals surface area contributed by atoms with Crippen molar-refractivity contribution in [2.75, 3.05) is 0 Å². The maximum Gasteiger partial charge on any atom is 0.0924 e. The highest BCUT2D eigenvalue weighted by Crippen LogP contribution is 2.61. The average Bonchev–Trinajstić information content (AvgIpc) is 2.87. The SMILES string of the molecule is C=C1CCCC(C)(C)[C@@H]2C1CC[C@@]1(C)OC21. The maximum atomic E-state index is 6.03. The second-order valence-corrected chi connectivity index (χ2v) is 7.02. The molecule has 0 amide bonds. The van der Waals surface area contributed by atoms with Gasteiger partial charge in [-0.25, -0.2) is 0 Å². The van der Waals surface area contributed by atoms with Gasteiger partial charge in [-0.3, -0.25) is 0 Å². The normalized spacial score (nSPS) is 50.2. The summed E-state index contributed by atoms with van der Waals surface area (Å²) in [6.07, 6.45) is 6.98. The van der Waals surface area contributed by atoms with Crippen molar-refractivity contribution in [3.63, 3.8) is 0 Å². The van der Waals surface area contributed by atoms with Crippen molar-refractivity contribution < 1.29 is 4.74 Å². The van der Waals surface area contributed by atoms with Crippen LogP contribution in [0.3, 0.4) is 0 Å². The topological polar surface area (TPSA) is 12.5 Å². The summed E-state index contributed by atoms with van der Waals surface area (Å²) < 4.78 is 6.03. The zero-order chi connectivity index (χ0) is 11.6. The van der Waals surface area contributed by atoms with Crippen molar-refractivity contribution in [2.45, 2.75) is 64.6 Å². The van der Waals surface area contributed by atoms with Crippen LogP contribution in [0.1, 0.15) is 52.9 Å². The summed E-state index contributed by atoms with van der Waals surface area (Å²) in [6, 6.07) is 0. The molecular formula is C15H24O.